The summed E-state index contributed by atoms with van der Waals surface area (Å²) >= 11 is 0. The van der Waals surface area contributed by atoms with Crippen LogP contribution < -0.4 is 15.7 Å². The molecule has 1 saturated heterocycles. The Morgan fingerprint density at radius 1 is 1.42 bits per heavy atom. The van der Waals surface area contributed by atoms with Gasteiger partial charge in [0.15, 0.2) is 17.1 Å². The lowest BCUT2D eigenvalue weighted by Gasteiger charge is -2.35. The first-order chi connectivity index (χ1) is 9.33. The van der Waals surface area contributed by atoms with Crippen molar-refractivity contribution in [1.29, 1.82) is 0 Å². The van der Waals surface area contributed by atoms with E-state index in [9.17, 15) is 4.39 Å². The molecule has 0 bridgehead atoms. The van der Waals surface area contributed by atoms with Gasteiger partial charge in [0.05, 0.1) is 31.0 Å². The van der Waals surface area contributed by atoms with Crippen LogP contribution >= 0.6 is 0 Å². The third kappa shape index (κ3) is 1.67. The van der Waals surface area contributed by atoms with Gasteiger partial charge < -0.3 is 9.64 Å². The average molecular weight is 260 g/mol. The SMILES string of the molecule is FC1=CN=c2nc3c(cc21)=NCC[C@H]1COCCN31. The Bertz CT molecular complexity index is 685. The summed E-state index contributed by atoms with van der Waals surface area (Å²) in [7, 11) is 0. The van der Waals surface area contributed by atoms with Crippen molar-refractivity contribution in [3.05, 3.63) is 28.7 Å². The summed E-state index contributed by atoms with van der Waals surface area (Å²) in [6.07, 6.45) is 2.16. The number of rotatable bonds is 0. The molecule has 1 aromatic rings. The zero-order valence-corrected chi connectivity index (χ0v) is 10.3. The maximum Gasteiger partial charge on any atom is 0.164 e. The van der Waals surface area contributed by atoms with E-state index in [0.717, 1.165) is 30.7 Å². The molecule has 0 saturated carbocycles. The fraction of sp³-hybridized carbons (Fsp3) is 0.462. The molecule has 4 rings (SSSR count). The highest BCUT2D eigenvalue weighted by molar-refractivity contribution is 5.61. The van der Waals surface area contributed by atoms with Gasteiger partial charge in [0.1, 0.15) is 5.36 Å². The summed E-state index contributed by atoms with van der Waals surface area (Å²) < 4.78 is 19.1. The summed E-state index contributed by atoms with van der Waals surface area (Å²) in [6.45, 7) is 2.92. The minimum Gasteiger partial charge on any atom is -0.377 e. The molecule has 0 spiro atoms. The van der Waals surface area contributed by atoms with Crippen LogP contribution in [0.3, 0.4) is 0 Å². The smallest absolute Gasteiger partial charge is 0.164 e. The van der Waals surface area contributed by atoms with Crippen LogP contribution in [0.4, 0.5) is 10.2 Å². The summed E-state index contributed by atoms with van der Waals surface area (Å²) in [5.41, 5.74) is 0.910. The second-order valence-corrected chi connectivity index (χ2v) is 4.90. The van der Waals surface area contributed by atoms with Crippen molar-refractivity contribution in [2.24, 2.45) is 9.98 Å². The predicted molar refractivity (Wildman–Crippen MR) is 67.1 cm³/mol. The van der Waals surface area contributed by atoms with E-state index in [1.165, 1.54) is 6.20 Å². The van der Waals surface area contributed by atoms with Crippen LogP contribution in [-0.4, -0.2) is 37.3 Å². The maximum atomic E-state index is 13.6. The van der Waals surface area contributed by atoms with Crippen molar-refractivity contribution in [2.75, 3.05) is 31.2 Å². The van der Waals surface area contributed by atoms with Crippen LogP contribution in [0.25, 0.3) is 5.83 Å². The lowest BCUT2D eigenvalue weighted by Crippen LogP contribution is -2.47. The molecule has 1 fully saturated rings. The zero-order valence-electron chi connectivity index (χ0n) is 10.3. The molecule has 0 amide bonds. The van der Waals surface area contributed by atoms with Gasteiger partial charge in [-0.1, -0.05) is 0 Å². The van der Waals surface area contributed by atoms with Crippen LogP contribution in [0.5, 0.6) is 0 Å². The molecule has 0 radical (unpaired) electrons. The van der Waals surface area contributed by atoms with E-state index >= 15 is 0 Å². The molecule has 0 N–H and O–H groups in total. The number of aromatic nitrogens is 1. The van der Waals surface area contributed by atoms with Gasteiger partial charge in [-0.2, -0.15) is 0 Å². The molecule has 0 aromatic carbocycles. The normalized spacial score (nSPS) is 24.4. The molecule has 1 atom stereocenters. The number of fused-ring (bicyclic) bond motifs is 4. The van der Waals surface area contributed by atoms with Crippen LogP contribution in [0, 0.1) is 0 Å². The number of hydrogen-bond donors (Lipinski definition) is 0. The van der Waals surface area contributed by atoms with E-state index in [-0.39, 0.29) is 5.83 Å². The van der Waals surface area contributed by atoms with Gasteiger partial charge in [0, 0.05) is 13.1 Å². The van der Waals surface area contributed by atoms with Gasteiger partial charge in [0.25, 0.3) is 0 Å². The molecular formula is C13H13FN4O. The topological polar surface area (TPSA) is 50.1 Å². The number of nitrogens with zero attached hydrogens (tertiary/aromatic N) is 4. The quantitative estimate of drug-likeness (QED) is 0.670. The Balaban J connectivity index is 1.90. The van der Waals surface area contributed by atoms with E-state index in [1.54, 1.807) is 6.07 Å². The Morgan fingerprint density at radius 2 is 2.37 bits per heavy atom. The van der Waals surface area contributed by atoms with E-state index in [4.69, 9.17) is 4.74 Å². The Labute approximate surface area is 109 Å². The van der Waals surface area contributed by atoms with Gasteiger partial charge in [-0.25, -0.2) is 14.4 Å². The van der Waals surface area contributed by atoms with Gasteiger partial charge >= 0.3 is 0 Å². The summed E-state index contributed by atoms with van der Waals surface area (Å²) in [5, 5.41) is 0.767. The van der Waals surface area contributed by atoms with Crippen molar-refractivity contribution < 1.29 is 9.13 Å². The van der Waals surface area contributed by atoms with Crippen molar-refractivity contribution in [3.8, 4) is 0 Å². The minimum atomic E-state index is -0.330. The van der Waals surface area contributed by atoms with Crippen molar-refractivity contribution in [2.45, 2.75) is 12.5 Å². The Hall–Kier alpha value is -1.82. The molecule has 0 aliphatic carbocycles. The minimum absolute atomic E-state index is 0.309. The van der Waals surface area contributed by atoms with E-state index in [0.29, 0.717) is 30.3 Å². The van der Waals surface area contributed by atoms with E-state index in [2.05, 4.69) is 19.9 Å². The predicted octanol–water partition coefficient (Wildman–Crippen LogP) is 0.211. The molecule has 3 aliphatic rings. The zero-order chi connectivity index (χ0) is 12.8. The molecule has 0 unspecified atom stereocenters. The van der Waals surface area contributed by atoms with Gasteiger partial charge in [-0.3, -0.25) is 4.99 Å². The highest BCUT2D eigenvalue weighted by atomic mass is 19.1. The largest absolute Gasteiger partial charge is 0.377 e. The van der Waals surface area contributed by atoms with Crippen LogP contribution in [0.2, 0.25) is 0 Å². The summed E-state index contributed by atoms with van der Waals surface area (Å²) in [6, 6.07) is 2.07. The molecule has 1 aromatic heterocycles. The fourth-order valence-electron chi connectivity index (χ4n) is 2.78. The van der Waals surface area contributed by atoms with Crippen molar-refractivity contribution >= 4 is 11.6 Å². The van der Waals surface area contributed by atoms with E-state index < -0.39 is 0 Å². The first-order valence-corrected chi connectivity index (χ1v) is 6.47. The van der Waals surface area contributed by atoms with Crippen molar-refractivity contribution in [3.63, 3.8) is 0 Å². The second kappa shape index (κ2) is 4.09. The standard InChI is InChI=1S/C13H13FN4O/c14-10-6-16-12-9(10)5-11-13(17-12)18-3-4-19-7-8(18)1-2-15-11/h5-6,8H,1-4,7H2/t8-/m0/s1. The Kier molecular flexibility index (Phi) is 2.38. The van der Waals surface area contributed by atoms with E-state index in [1.807, 2.05) is 0 Å². The highest BCUT2D eigenvalue weighted by Crippen LogP contribution is 2.20. The monoisotopic (exact) mass is 260 g/mol. The molecule has 98 valence electrons. The second-order valence-electron chi connectivity index (χ2n) is 4.90. The molecule has 6 heteroatoms. The first kappa shape index (κ1) is 11.0. The third-order valence-electron chi connectivity index (χ3n) is 3.76. The molecular weight excluding hydrogens is 247 g/mol. The lowest BCUT2D eigenvalue weighted by molar-refractivity contribution is 0.0923. The fourth-order valence-corrected chi connectivity index (χ4v) is 2.78. The average Bonchev–Trinajstić information content (AvgIpc) is 2.70. The molecule has 3 aliphatic heterocycles. The first-order valence-electron chi connectivity index (χ1n) is 6.47. The molecule has 4 heterocycles. The lowest BCUT2D eigenvalue weighted by atomic mass is 10.1. The number of halogens is 1. The summed E-state index contributed by atoms with van der Waals surface area (Å²) in [4.78, 5) is 15.3. The van der Waals surface area contributed by atoms with Crippen LogP contribution in [0.1, 0.15) is 12.0 Å². The van der Waals surface area contributed by atoms with Gasteiger partial charge in [-0.15, -0.1) is 0 Å². The Morgan fingerprint density at radius 3 is 3.32 bits per heavy atom. The van der Waals surface area contributed by atoms with Crippen LogP contribution in [0.15, 0.2) is 22.3 Å². The van der Waals surface area contributed by atoms with Gasteiger partial charge in [-0.05, 0) is 12.5 Å². The number of anilines is 1. The third-order valence-corrected chi connectivity index (χ3v) is 3.76. The van der Waals surface area contributed by atoms with Gasteiger partial charge in [0.2, 0.25) is 0 Å². The number of ether oxygens (including phenoxy) is 1. The van der Waals surface area contributed by atoms with Crippen molar-refractivity contribution in [1.82, 2.24) is 4.98 Å². The maximum absolute atomic E-state index is 13.6. The van der Waals surface area contributed by atoms with Crippen LogP contribution in [-0.2, 0) is 4.74 Å². The number of morpholine rings is 1. The summed E-state index contributed by atoms with van der Waals surface area (Å²) in [5.74, 6) is 0.486. The molecule has 19 heavy (non-hydrogen) atoms. The highest BCUT2D eigenvalue weighted by Gasteiger charge is 2.28. The number of pyridine rings is 1. The number of hydrogen-bond acceptors (Lipinski definition) is 5. The molecule has 5 nitrogen and oxygen atoms in total.